The van der Waals surface area contributed by atoms with E-state index in [4.69, 9.17) is 0 Å². The van der Waals surface area contributed by atoms with Crippen LogP contribution in [0.2, 0.25) is 0 Å². The minimum atomic E-state index is -3.69. The molecular weight excluding hydrogens is 211 g/mol. The van der Waals surface area contributed by atoms with Crippen LogP contribution in [0.4, 0.5) is 0 Å². The molecule has 0 radical (unpaired) electrons. The molecule has 0 aromatic heterocycles. The summed E-state index contributed by atoms with van der Waals surface area (Å²) in [6.07, 6.45) is 0. The molecule has 15 heavy (non-hydrogen) atoms. The average Bonchev–Trinajstić information content (AvgIpc) is 1.99. The number of benzene rings is 1. The zero-order valence-electron chi connectivity index (χ0n) is 9.37. The van der Waals surface area contributed by atoms with Crippen molar-refractivity contribution < 1.29 is 14.3 Å². The van der Waals surface area contributed by atoms with Gasteiger partial charge in [-0.25, -0.2) is 0 Å². The van der Waals surface area contributed by atoms with Gasteiger partial charge in [0.25, 0.3) is 7.37 Å². The largest absolute Gasteiger partial charge is 0.339 e. The van der Waals surface area contributed by atoms with Crippen molar-refractivity contribution in [2.75, 3.05) is 6.66 Å². The van der Waals surface area contributed by atoms with Gasteiger partial charge < -0.3 is 4.89 Å². The first kappa shape index (κ1) is 12.2. The summed E-state index contributed by atoms with van der Waals surface area (Å²) in [7, 11) is -3.69. The Kier molecular flexibility index (Phi) is 3.17. The van der Waals surface area contributed by atoms with Crippen LogP contribution in [0.5, 0.6) is 0 Å². The monoisotopic (exact) mass is 226 g/mol. The second-order valence-corrected chi connectivity index (χ2v) is 6.12. The van der Waals surface area contributed by atoms with Crippen molar-refractivity contribution in [3.05, 3.63) is 34.4 Å². The molecule has 1 atom stereocenters. The molecule has 4 heteroatoms. The lowest BCUT2D eigenvalue weighted by Gasteiger charge is -2.11. The van der Waals surface area contributed by atoms with Gasteiger partial charge in [0.1, 0.15) is 0 Å². The molecule has 0 aliphatic carbocycles. The Morgan fingerprint density at radius 3 is 1.93 bits per heavy atom. The first-order chi connectivity index (χ1) is 6.73. The Hall–Kier alpha value is -0.920. The lowest BCUT2D eigenvalue weighted by molar-refractivity contribution is 0.106. The Morgan fingerprint density at radius 1 is 1.20 bits per heavy atom. The minimum absolute atomic E-state index is 0.383. The van der Waals surface area contributed by atoms with Gasteiger partial charge in [-0.05, 0) is 31.9 Å². The number of carbonyl (C=O) groups is 1. The molecular formula is C11H15O3P. The maximum Gasteiger partial charge on any atom is 0.266 e. The van der Waals surface area contributed by atoms with Crippen molar-refractivity contribution in [2.24, 2.45) is 0 Å². The maximum absolute atomic E-state index is 11.7. The predicted octanol–water partition coefficient (Wildman–Crippen LogP) is 2.65. The smallest absolute Gasteiger partial charge is 0.266 e. The van der Waals surface area contributed by atoms with E-state index in [1.54, 1.807) is 13.8 Å². The van der Waals surface area contributed by atoms with Gasteiger partial charge in [-0.2, -0.15) is 0 Å². The van der Waals surface area contributed by atoms with Gasteiger partial charge in [0.15, 0.2) is 0 Å². The van der Waals surface area contributed by atoms with Crippen molar-refractivity contribution in [2.45, 2.75) is 20.8 Å². The summed E-state index contributed by atoms with van der Waals surface area (Å²) in [5, 5.41) is 0. The summed E-state index contributed by atoms with van der Waals surface area (Å²) in [5.74, 6) is 0. The van der Waals surface area contributed by atoms with Gasteiger partial charge in [0.05, 0.1) is 0 Å². The molecule has 1 unspecified atom stereocenters. The number of aryl methyl sites for hydroxylation is 3. The molecule has 0 bridgehead atoms. The highest BCUT2D eigenvalue weighted by Gasteiger charge is 2.26. The van der Waals surface area contributed by atoms with Crippen LogP contribution < -0.4 is 0 Å². The number of hydrogen-bond acceptors (Lipinski definition) is 2. The van der Waals surface area contributed by atoms with E-state index in [1.807, 2.05) is 19.1 Å². The van der Waals surface area contributed by atoms with Gasteiger partial charge >= 0.3 is 0 Å². The molecule has 0 amide bonds. The third kappa shape index (κ3) is 2.55. The van der Waals surface area contributed by atoms with Crippen molar-refractivity contribution >= 4 is 12.9 Å². The fourth-order valence-electron chi connectivity index (χ4n) is 1.72. The standard InChI is InChI=1S/C11H15O3P/c1-7-5-8(2)10(9(3)6-7)11(12)15(4,13)14/h5-6H,1-4H3,(H,13,14). The van der Waals surface area contributed by atoms with E-state index in [-0.39, 0.29) is 0 Å². The molecule has 82 valence electrons. The summed E-state index contributed by atoms with van der Waals surface area (Å²) in [5.41, 5.74) is 2.29. The molecule has 0 spiro atoms. The normalized spacial score (nSPS) is 14.7. The lowest BCUT2D eigenvalue weighted by atomic mass is 10.0. The molecule has 3 nitrogen and oxygen atoms in total. The van der Waals surface area contributed by atoms with E-state index in [2.05, 4.69) is 0 Å². The van der Waals surface area contributed by atoms with Crippen LogP contribution >= 0.6 is 7.37 Å². The van der Waals surface area contributed by atoms with Crippen molar-refractivity contribution in [1.82, 2.24) is 0 Å². The van der Waals surface area contributed by atoms with Gasteiger partial charge in [-0.1, -0.05) is 17.7 Å². The van der Waals surface area contributed by atoms with Gasteiger partial charge in [0, 0.05) is 12.2 Å². The Morgan fingerprint density at radius 2 is 1.60 bits per heavy atom. The lowest BCUT2D eigenvalue weighted by Crippen LogP contribution is -2.05. The van der Waals surface area contributed by atoms with E-state index in [9.17, 15) is 14.3 Å². The minimum Gasteiger partial charge on any atom is -0.339 e. The molecule has 1 aromatic carbocycles. The van der Waals surface area contributed by atoms with Crippen LogP contribution in [0.1, 0.15) is 27.0 Å². The van der Waals surface area contributed by atoms with Crippen molar-refractivity contribution in [3.63, 3.8) is 0 Å². The zero-order chi connectivity index (χ0) is 11.8. The van der Waals surface area contributed by atoms with Gasteiger partial charge in [-0.15, -0.1) is 0 Å². The molecule has 0 saturated heterocycles. The summed E-state index contributed by atoms with van der Waals surface area (Å²) in [6.45, 7) is 6.57. The first-order valence-electron chi connectivity index (χ1n) is 4.66. The van der Waals surface area contributed by atoms with E-state index >= 15 is 0 Å². The molecule has 1 rings (SSSR count). The Labute approximate surface area is 89.6 Å². The fourth-order valence-corrected chi connectivity index (χ4v) is 2.49. The second kappa shape index (κ2) is 3.92. The van der Waals surface area contributed by atoms with Crippen molar-refractivity contribution in [1.29, 1.82) is 0 Å². The van der Waals surface area contributed by atoms with E-state index in [0.29, 0.717) is 5.56 Å². The fraction of sp³-hybridized carbons (Fsp3) is 0.364. The summed E-state index contributed by atoms with van der Waals surface area (Å²) in [4.78, 5) is 21.0. The second-order valence-electron chi connectivity index (χ2n) is 3.96. The Balaban J connectivity index is 3.39. The highest BCUT2D eigenvalue weighted by Crippen LogP contribution is 2.41. The third-order valence-corrected chi connectivity index (χ3v) is 3.24. The van der Waals surface area contributed by atoms with Gasteiger partial charge in [0.2, 0.25) is 5.52 Å². The highest BCUT2D eigenvalue weighted by atomic mass is 31.2. The van der Waals surface area contributed by atoms with E-state index < -0.39 is 12.9 Å². The van der Waals surface area contributed by atoms with Crippen molar-refractivity contribution in [3.8, 4) is 0 Å². The summed E-state index contributed by atoms with van der Waals surface area (Å²) < 4.78 is 11.3. The Bertz CT molecular complexity index is 434. The van der Waals surface area contributed by atoms with E-state index in [0.717, 1.165) is 23.4 Å². The predicted molar refractivity (Wildman–Crippen MR) is 60.7 cm³/mol. The van der Waals surface area contributed by atoms with E-state index in [1.165, 1.54) is 0 Å². The molecule has 0 saturated carbocycles. The van der Waals surface area contributed by atoms with Crippen LogP contribution in [0, 0.1) is 20.8 Å². The third-order valence-electron chi connectivity index (χ3n) is 2.27. The van der Waals surface area contributed by atoms with Crippen LogP contribution in [-0.2, 0) is 4.57 Å². The topological polar surface area (TPSA) is 54.4 Å². The number of hydrogen-bond donors (Lipinski definition) is 1. The van der Waals surface area contributed by atoms with Gasteiger partial charge in [-0.3, -0.25) is 9.36 Å². The molecule has 0 fully saturated rings. The quantitative estimate of drug-likeness (QED) is 0.788. The SMILES string of the molecule is Cc1cc(C)c(C(=O)P(C)(=O)O)c(C)c1. The van der Waals surface area contributed by atoms with Crippen LogP contribution in [0.15, 0.2) is 12.1 Å². The summed E-state index contributed by atoms with van der Waals surface area (Å²) in [6, 6.07) is 3.69. The maximum atomic E-state index is 11.7. The van der Waals surface area contributed by atoms with Crippen LogP contribution in [0.25, 0.3) is 0 Å². The van der Waals surface area contributed by atoms with Crippen LogP contribution in [-0.4, -0.2) is 17.1 Å². The number of rotatable bonds is 2. The average molecular weight is 226 g/mol. The molecule has 0 heterocycles. The van der Waals surface area contributed by atoms with Crippen LogP contribution in [0.3, 0.4) is 0 Å². The number of carbonyl (C=O) groups excluding carboxylic acids is 1. The summed E-state index contributed by atoms with van der Waals surface area (Å²) >= 11 is 0. The highest BCUT2D eigenvalue weighted by molar-refractivity contribution is 7.75. The zero-order valence-corrected chi connectivity index (χ0v) is 10.3. The molecule has 0 aliphatic rings. The first-order valence-corrected chi connectivity index (χ1v) is 6.77. The molecule has 1 N–H and O–H groups in total. The molecule has 0 aliphatic heterocycles. The molecule has 1 aromatic rings.